The Balaban J connectivity index is 1.90. The van der Waals surface area contributed by atoms with Gasteiger partial charge in [0.05, 0.1) is 27.6 Å². The van der Waals surface area contributed by atoms with Gasteiger partial charge in [0.2, 0.25) is 0 Å². The minimum atomic E-state index is -0.479. The molecule has 0 aliphatic heterocycles. The van der Waals surface area contributed by atoms with Gasteiger partial charge in [0.15, 0.2) is 11.5 Å². The van der Waals surface area contributed by atoms with E-state index in [9.17, 15) is 19.8 Å². The summed E-state index contributed by atoms with van der Waals surface area (Å²) in [5, 5.41) is 20.3. The SMILES string of the molecule is CCOc1cc(/C=C(/C#N)c2ccccc2F)cc(Br)c1OCc1ccc([N+](=O)[O-])cc1. The van der Waals surface area contributed by atoms with Crippen LogP contribution < -0.4 is 9.47 Å². The molecule has 0 saturated heterocycles. The third kappa shape index (κ3) is 5.50. The van der Waals surface area contributed by atoms with E-state index >= 15 is 0 Å². The van der Waals surface area contributed by atoms with E-state index < -0.39 is 10.7 Å². The van der Waals surface area contributed by atoms with Crippen LogP contribution in [0.25, 0.3) is 11.6 Å². The molecular formula is C24H18BrFN2O4. The van der Waals surface area contributed by atoms with Crippen molar-refractivity contribution >= 4 is 33.3 Å². The Hall–Kier alpha value is -3.70. The molecule has 0 N–H and O–H groups in total. The summed E-state index contributed by atoms with van der Waals surface area (Å²) in [4.78, 5) is 10.3. The first kappa shape index (κ1) is 23.0. The number of hydrogen-bond donors (Lipinski definition) is 0. The van der Waals surface area contributed by atoms with E-state index in [1.807, 2.05) is 13.0 Å². The maximum atomic E-state index is 14.1. The number of nitro groups is 1. The molecule has 3 aromatic rings. The summed E-state index contributed by atoms with van der Waals surface area (Å²) in [5.41, 5.74) is 1.77. The highest BCUT2D eigenvalue weighted by molar-refractivity contribution is 9.10. The van der Waals surface area contributed by atoms with E-state index in [0.717, 1.165) is 5.56 Å². The summed E-state index contributed by atoms with van der Waals surface area (Å²) in [6.45, 7) is 2.38. The molecule has 0 radical (unpaired) electrons. The maximum Gasteiger partial charge on any atom is 0.269 e. The summed E-state index contributed by atoms with van der Waals surface area (Å²) in [5.74, 6) is 0.417. The Morgan fingerprint density at radius 2 is 1.91 bits per heavy atom. The van der Waals surface area contributed by atoms with Crippen LogP contribution >= 0.6 is 15.9 Å². The highest BCUT2D eigenvalue weighted by Crippen LogP contribution is 2.38. The van der Waals surface area contributed by atoms with E-state index in [1.54, 1.807) is 48.5 Å². The number of halogens is 2. The normalized spacial score (nSPS) is 11.0. The van der Waals surface area contributed by atoms with Crippen LogP contribution in [0, 0.1) is 27.3 Å². The Kier molecular flexibility index (Phi) is 7.58. The van der Waals surface area contributed by atoms with Gasteiger partial charge in [-0.05, 0) is 70.4 Å². The minimum absolute atomic E-state index is 0.00391. The van der Waals surface area contributed by atoms with Crippen molar-refractivity contribution < 1.29 is 18.8 Å². The molecule has 0 aliphatic rings. The van der Waals surface area contributed by atoms with Crippen LogP contribution in [0.5, 0.6) is 11.5 Å². The van der Waals surface area contributed by atoms with E-state index in [4.69, 9.17) is 9.47 Å². The smallest absolute Gasteiger partial charge is 0.269 e. The Morgan fingerprint density at radius 3 is 2.53 bits per heavy atom. The highest BCUT2D eigenvalue weighted by Gasteiger charge is 2.14. The van der Waals surface area contributed by atoms with Gasteiger partial charge in [0.1, 0.15) is 12.4 Å². The fraction of sp³-hybridized carbons (Fsp3) is 0.125. The van der Waals surface area contributed by atoms with Crippen molar-refractivity contribution in [3.63, 3.8) is 0 Å². The minimum Gasteiger partial charge on any atom is -0.490 e. The van der Waals surface area contributed by atoms with Crippen molar-refractivity contribution in [2.24, 2.45) is 0 Å². The molecule has 3 aromatic carbocycles. The molecule has 32 heavy (non-hydrogen) atoms. The van der Waals surface area contributed by atoms with Crippen molar-refractivity contribution in [3.05, 3.63) is 97.8 Å². The van der Waals surface area contributed by atoms with Crippen LogP contribution in [-0.2, 0) is 6.61 Å². The Bertz CT molecular complexity index is 1200. The first-order chi connectivity index (χ1) is 15.4. The van der Waals surface area contributed by atoms with Gasteiger partial charge in [-0.15, -0.1) is 0 Å². The molecule has 162 valence electrons. The second kappa shape index (κ2) is 10.6. The molecule has 0 heterocycles. The van der Waals surface area contributed by atoms with Gasteiger partial charge in [-0.3, -0.25) is 10.1 Å². The number of non-ortho nitro benzene ring substituents is 1. The van der Waals surface area contributed by atoms with Gasteiger partial charge < -0.3 is 9.47 Å². The Morgan fingerprint density at radius 1 is 1.19 bits per heavy atom. The molecule has 0 atom stereocenters. The summed E-state index contributed by atoms with van der Waals surface area (Å²) in [7, 11) is 0. The lowest BCUT2D eigenvalue weighted by atomic mass is 10.0. The van der Waals surface area contributed by atoms with Crippen molar-refractivity contribution in [3.8, 4) is 17.6 Å². The van der Waals surface area contributed by atoms with E-state index in [-0.39, 0.29) is 23.4 Å². The number of nitrogens with zero attached hydrogens (tertiary/aromatic N) is 2. The summed E-state index contributed by atoms with van der Waals surface area (Å²) in [6, 6.07) is 17.6. The molecule has 8 heteroatoms. The largest absolute Gasteiger partial charge is 0.490 e. The summed E-state index contributed by atoms with van der Waals surface area (Å²) < 4.78 is 26.3. The predicted octanol–water partition coefficient (Wildman–Crippen LogP) is 6.54. The van der Waals surface area contributed by atoms with Crippen LogP contribution in [0.4, 0.5) is 10.1 Å². The summed E-state index contributed by atoms with van der Waals surface area (Å²) >= 11 is 3.47. The quantitative estimate of drug-likeness (QED) is 0.153. The van der Waals surface area contributed by atoms with Crippen LogP contribution in [0.15, 0.2) is 65.1 Å². The zero-order chi connectivity index (χ0) is 23.1. The third-order valence-electron chi connectivity index (χ3n) is 4.46. The molecule has 6 nitrogen and oxygen atoms in total. The average Bonchev–Trinajstić information content (AvgIpc) is 2.78. The van der Waals surface area contributed by atoms with Gasteiger partial charge in [-0.25, -0.2) is 4.39 Å². The standard InChI is InChI=1S/C24H18BrFN2O4/c1-2-31-23-13-17(11-18(14-27)20-5-3-4-6-22(20)26)12-21(25)24(23)32-15-16-7-9-19(10-8-16)28(29)30/h3-13H,2,15H2,1H3/b18-11-. The molecule has 0 amide bonds. The topological polar surface area (TPSA) is 85.4 Å². The molecule has 0 spiro atoms. The summed E-state index contributed by atoms with van der Waals surface area (Å²) in [6.07, 6.45) is 1.58. The highest BCUT2D eigenvalue weighted by atomic mass is 79.9. The van der Waals surface area contributed by atoms with E-state index in [2.05, 4.69) is 15.9 Å². The van der Waals surface area contributed by atoms with Crippen LogP contribution in [0.3, 0.4) is 0 Å². The second-order valence-electron chi connectivity index (χ2n) is 6.62. The van der Waals surface area contributed by atoms with Gasteiger partial charge in [0, 0.05) is 17.7 Å². The molecule has 3 rings (SSSR count). The lowest BCUT2D eigenvalue weighted by Gasteiger charge is -2.15. The number of allylic oxidation sites excluding steroid dienone is 1. The monoisotopic (exact) mass is 496 g/mol. The van der Waals surface area contributed by atoms with Crippen molar-refractivity contribution in [2.45, 2.75) is 13.5 Å². The Labute approximate surface area is 192 Å². The van der Waals surface area contributed by atoms with Crippen LogP contribution in [0.2, 0.25) is 0 Å². The number of nitriles is 1. The van der Waals surface area contributed by atoms with Crippen molar-refractivity contribution in [2.75, 3.05) is 6.61 Å². The molecule has 0 bridgehead atoms. The maximum absolute atomic E-state index is 14.1. The predicted molar refractivity (Wildman–Crippen MR) is 123 cm³/mol. The van der Waals surface area contributed by atoms with Crippen LogP contribution in [-0.4, -0.2) is 11.5 Å². The average molecular weight is 497 g/mol. The molecule has 0 aromatic heterocycles. The van der Waals surface area contributed by atoms with Gasteiger partial charge >= 0.3 is 0 Å². The lowest BCUT2D eigenvalue weighted by molar-refractivity contribution is -0.384. The van der Waals surface area contributed by atoms with Gasteiger partial charge in [0.25, 0.3) is 5.69 Å². The first-order valence-corrected chi connectivity index (χ1v) is 10.4. The van der Waals surface area contributed by atoms with Crippen molar-refractivity contribution in [1.29, 1.82) is 5.26 Å². The number of rotatable bonds is 8. The molecule has 0 saturated carbocycles. The molecule has 0 aliphatic carbocycles. The van der Waals surface area contributed by atoms with Crippen molar-refractivity contribution in [1.82, 2.24) is 0 Å². The fourth-order valence-corrected chi connectivity index (χ4v) is 3.53. The number of hydrogen-bond acceptors (Lipinski definition) is 5. The molecular weight excluding hydrogens is 479 g/mol. The zero-order valence-corrected chi connectivity index (χ0v) is 18.6. The fourth-order valence-electron chi connectivity index (χ4n) is 2.96. The van der Waals surface area contributed by atoms with Crippen LogP contribution in [0.1, 0.15) is 23.6 Å². The molecule has 0 fully saturated rings. The second-order valence-corrected chi connectivity index (χ2v) is 7.48. The van der Waals surface area contributed by atoms with Gasteiger partial charge in [-0.2, -0.15) is 5.26 Å². The molecule has 0 unspecified atom stereocenters. The van der Waals surface area contributed by atoms with Gasteiger partial charge in [-0.1, -0.05) is 18.2 Å². The number of ether oxygens (including phenoxy) is 2. The zero-order valence-electron chi connectivity index (χ0n) is 17.0. The van der Waals surface area contributed by atoms with E-state index in [1.165, 1.54) is 18.2 Å². The third-order valence-corrected chi connectivity index (χ3v) is 5.05. The number of nitro benzene ring substituents is 1. The number of benzene rings is 3. The van der Waals surface area contributed by atoms with E-state index in [0.29, 0.717) is 28.1 Å². The lowest BCUT2D eigenvalue weighted by Crippen LogP contribution is -2.01. The first-order valence-electron chi connectivity index (χ1n) is 9.62.